The number of halogens is 1. The van der Waals surface area contributed by atoms with Crippen molar-refractivity contribution in [2.45, 2.75) is 18.3 Å². The van der Waals surface area contributed by atoms with Crippen molar-refractivity contribution in [2.75, 3.05) is 7.05 Å². The molecule has 0 saturated heterocycles. The van der Waals surface area contributed by atoms with Gasteiger partial charge < -0.3 is 10.4 Å². The zero-order valence-corrected chi connectivity index (χ0v) is 14.9. The zero-order chi connectivity index (χ0) is 19.1. The van der Waals surface area contributed by atoms with Crippen LogP contribution in [0.2, 0.25) is 0 Å². The Morgan fingerprint density at radius 2 is 1.92 bits per heavy atom. The molecule has 0 spiro atoms. The molecule has 2 aromatic carbocycles. The van der Waals surface area contributed by atoms with Gasteiger partial charge in [-0.25, -0.2) is 0 Å². The van der Waals surface area contributed by atoms with E-state index in [1.54, 1.807) is 42.6 Å². The second-order valence-corrected chi connectivity index (χ2v) is 6.00. The molecule has 0 saturated carbocycles. The van der Waals surface area contributed by atoms with Gasteiger partial charge in [-0.2, -0.15) is 5.26 Å². The van der Waals surface area contributed by atoms with Gasteiger partial charge in [0, 0.05) is 24.9 Å². The number of aromatic hydroxyl groups is 1. The van der Waals surface area contributed by atoms with E-state index in [9.17, 15) is 14.7 Å². The van der Waals surface area contributed by atoms with Gasteiger partial charge in [0.25, 0.3) is 11.8 Å². The monoisotopic (exact) mass is 371 g/mol. The zero-order valence-electron chi connectivity index (χ0n) is 14.1. The highest BCUT2D eigenvalue weighted by Crippen LogP contribution is 2.13. The van der Waals surface area contributed by atoms with Crippen LogP contribution in [0.15, 0.2) is 48.5 Å². The van der Waals surface area contributed by atoms with Crippen molar-refractivity contribution in [1.82, 2.24) is 10.2 Å². The molecule has 0 aromatic heterocycles. The molecule has 1 unspecified atom stereocenters. The van der Waals surface area contributed by atoms with Crippen molar-refractivity contribution in [1.29, 1.82) is 5.26 Å². The van der Waals surface area contributed by atoms with Crippen LogP contribution in [0.1, 0.15) is 21.5 Å². The first kappa shape index (κ1) is 19.3. The fraction of sp³-hybridized carbons (Fsp3) is 0.211. The summed E-state index contributed by atoms with van der Waals surface area (Å²) in [5, 5.41) is 21.0. The molecule has 0 radical (unpaired) electrons. The van der Waals surface area contributed by atoms with Crippen LogP contribution in [0, 0.1) is 11.5 Å². The van der Waals surface area contributed by atoms with E-state index in [-0.39, 0.29) is 18.1 Å². The molecular formula is C19H18ClN3O3. The summed E-state index contributed by atoms with van der Waals surface area (Å²) in [5.74, 6) is -0.579. The van der Waals surface area contributed by atoms with E-state index in [2.05, 4.69) is 5.32 Å². The molecule has 0 bridgehead atoms. The first-order valence-electron chi connectivity index (χ1n) is 7.85. The number of nitriles is 1. The topological polar surface area (TPSA) is 93.4 Å². The number of carbonyl (C=O) groups is 2. The molecule has 2 rings (SSSR count). The molecule has 26 heavy (non-hydrogen) atoms. The van der Waals surface area contributed by atoms with Crippen molar-refractivity contribution >= 4 is 23.4 Å². The predicted octanol–water partition coefficient (Wildman–Crippen LogP) is 2.41. The Hall–Kier alpha value is -3.04. The lowest BCUT2D eigenvalue weighted by Gasteiger charge is -2.20. The Morgan fingerprint density at radius 1 is 1.23 bits per heavy atom. The van der Waals surface area contributed by atoms with Crippen molar-refractivity contribution in [3.8, 4) is 11.9 Å². The van der Waals surface area contributed by atoms with Gasteiger partial charge in [-0.3, -0.25) is 14.5 Å². The van der Waals surface area contributed by atoms with E-state index < -0.39 is 17.9 Å². The Morgan fingerprint density at radius 3 is 2.54 bits per heavy atom. The number of phenolic OH excluding ortho intramolecular Hbond substituents is 1. The number of carbonyl (C=O) groups excluding carboxylic acids is 2. The van der Waals surface area contributed by atoms with Crippen LogP contribution >= 0.6 is 11.6 Å². The molecule has 2 N–H and O–H groups in total. The average molecular weight is 372 g/mol. The summed E-state index contributed by atoms with van der Waals surface area (Å²) < 4.78 is 0. The third-order valence-corrected chi connectivity index (χ3v) is 4.11. The Balaban J connectivity index is 2.22. The van der Waals surface area contributed by atoms with Gasteiger partial charge >= 0.3 is 0 Å². The molecule has 0 fully saturated rings. The number of hydrogen-bond donors (Lipinski definition) is 2. The van der Waals surface area contributed by atoms with Crippen LogP contribution in [0.3, 0.4) is 0 Å². The van der Waals surface area contributed by atoms with Crippen molar-refractivity contribution < 1.29 is 14.7 Å². The summed E-state index contributed by atoms with van der Waals surface area (Å²) in [5.41, 5.74) is 1.91. The van der Waals surface area contributed by atoms with Crippen LogP contribution in [0.4, 0.5) is 0 Å². The summed E-state index contributed by atoms with van der Waals surface area (Å²) in [6.45, 7) is 0. The highest BCUT2D eigenvalue weighted by atomic mass is 35.5. The smallest absolute Gasteiger partial charge is 0.258 e. The minimum absolute atomic E-state index is 0.104. The lowest BCUT2D eigenvalue weighted by atomic mass is 10.0. The summed E-state index contributed by atoms with van der Waals surface area (Å²) in [6.07, 6.45) is 1.93. The van der Waals surface area contributed by atoms with Gasteiger partial charge in [-0.05, 0) is 35.4 Å². The van der Waals surface area contributed by atoms with Crippen LogP contribution in [0.25, 0.3) is 0 Å². The van der Waals surface area contributed by atoms with E-state index >= 15 is 0 Å². The molecule has 134 valence electrons. The number of rotatable bonds is 6. The predicted molar refractivity (Wildman–Crippen MR) is 97.4 cm³/mol. The highest BCUT2D eigenvalue weighted by Gasteiger charge is 2.25. The van der Waals surface area contributed by atoms with E-state index in [0.717, 1.165) is 16.0 Å². The molecular weight excluding hydrogens is 354 g/mol. The number of alkyl halides is 1. The molecule has 0 aliphatic heterocycles. The Labute approximate surface area is 156 Å². The Kier molecular flexibility index (Phi) is 6.59. The van der Waals surface area contributed by atoms with Gasteiger partial charge in [-0.1, -0.05) is 24.3 Å². The lowest BCUT2D eigenvalue weighted by molar-refractivity contribution is -0.129. The van der Waals surface area contributed by atoms with Crippen molar-refractivity contribution in [3.05, 3.63) is 65.2 Å². The molecule has 2 aromatic rings. The SMILES string of the molecule is CN(C#N)C(=O)C(Cc1ccc(O)cc1)NC(=O)c1cccc(CCl)c1. The van der Waals surface area contributed by atoms with Crippen LogP contribution in [-0.4, -0.2) is 34.9 Å². The molecule has 1 atom stereocenters. The summed E-state index contributed by atoms with van der Waals surface area (Å²) in [4.78, 5) is 25.9. The summed E-state index contributed by atoms with van der Waals surface area (Å²) in [6, 6.07) is 12.2. The fourth-order valence-corrected chi connectivity index (χ4v) is 2.55. The quantitative estimate of drug-likeness (QED) is 0.463. The molecule has 7 heteroatoms. The van der Waals surface area contributed by atoms with Crippen LogP contribution in [0.5, 0.6) is 5.75 Å². The number of nitrogens with one attached hydrogen (secondary N) is 1. The number of amides is 2. The number of benzene rings is 2. The van der Waals surface area contributed by atoms with Crippen LogP contribution in [-0.2, 0) is 17.1 Å². The summed E-state index contributed by atoms with van der Waals surface area (Å²) in [7, 11) is 1.34. The number of phenols is 1. The number of nitrogens with zero attached hydrogens (tertiary/aromatic N) is 2. The second-order valence-electron chi connectivity index (χ2n) is 5.73. The van der Waals surface area contributed by atoms with E-state index in [4.69, 9.17) is 16.9 Å². The normalized spacial score (nSPS) is 11.3. The number of hydrogen-bond acceptors (Lipinski definition) is 4. The third kappa shape index (κ3) is 4.98. The van der Waals surface area contributed by atoms with Crippen molar-refractivity contribution in [2.24, 2.45) is 0 Å². The van der Waals surface area contributed by atoms with Crippen molar-refractivity contribution in [3.63, 3.8) is 0 Å². The lowest BCUT2D eigenvalue weighted by Crippen LogP contribution is -2.47. The highest BCUT2D eigenvalue weighted by molar-refractivity contribution is 6.17. The minimum Gasteiger partial charge on any atom is -0.508 e. The Bertz CT molecular complexity index is 831. The minimum atomic E-state index is -0.920. The van der Waals surface area contributed by atoms with Gasteiger partial charge in [0.1, 0.15) is 11.8 Å². The molecule has 2 amide bonds. The first-order chi connectivity index (χ1) is 12.4. The molecule has 6 nitrogen and oxygen atoms in total. The second kappa shape index (κ2) is 8.88. The molecule has 0 aliphatic carbocycles. The fourth-order valence-electron chi connectivity index (χ4n) is 2.39. The standard InChI is InChI=1S/C19H18ClN3O3/c1-23(12-21)19(26)17(10-13-5-7-16(24)8-6-13)22-18(25)15-4-2-3-14(9-15)11-20/h2-9,17,24H,10-11H2,1H3,(H,22,25). The maximum absolute atomic E-state index is 12.5. The van der Waals surface area contributed by atoms with Crippen LogP contribution < -0.4 is 5.32 Å². The maximum atomic E-state index is 12.5. The maximum Gasteiger partial charge on any atom is 0.258 e. The van der Waals surface area contributed by atoms with Gasteiger partial charge in [0.05, 0.1) is 0 Å². The van der Waals surface area contributed by atoms with Gasteiger partial charge in [0.2, 0.25) is 0 Å². The molecule has 0 heterocycles. The largest absolute Gasteiger partial charge is 0.508 e. The van der Waals surface area contributed by atoms with Gasteiger partial charge in [-0.15, -0.1) is 11.6 Å². The first-order valence-corrected chi connectivity index (χ1v) is 8.39. The summed E-state index contributed by atoms with van der Waals surface area (Å²) >= 11 is 5.79. The number of likely N-dealkylation sites (N-methyl/N-ethyl adjacent to an activating group) is 1. The van der Waals surface area contributed by atoms with E-state index in [1.807, 2.05) is 0 Å². The average Bonchev–Trinajstić information content (AvgIpc) is 2.67. The van der Waals surface area contributed by atoms with Gasteiger partial charge in [0.15, 0.2) is 6.19 Å². The van der Waals surface area contributed by atoms with E-state index in [1.165, 1.54) is 19.2 Å². The van der Waals surface area contributed by atoms with E-state index in [0.29, 0.717) is 5.56 Å². The third-order valence-electron chi connectivity index (χ3n) is 3.80. The molecule has 0 aliphatic rings.